The standard InChI is InChI=1S/C16H19N3OS2/c20-15(18-12-7-10-5-6-11(8-12)17-10)9-21-16-19-13-3-1-2-4-14(13)22-16/h1-4,10-12,17H,5-9H2,(H,18,20). The molecule has 2 saturated heterocycles. The Labute approximate surface area is 138 Å². The first-order valence-corrected chi connectivity index (χ1v) is 9.60. The van der Waals surface area contributed by atoms with Crippen molar-refractivity contribution in [3.8, 4) is 0 Å². The number of piperidine rings is 1. The Morgan fingerprint density at radius 3 is 2.86 bits per heavy atom. The van der Waals surface area contributed by atoms with E-state index in [0.717, 1.165) is 22.7 Å². The predicted octanol–water partition coefficient (Wildman–Crippen LogP) is 2.79. The van der Waals surface area contributed by atoms with Crippen molar-refractivity contribution < 1.29 is 4.79 Å². The number of nitrogens with one attached hydrogen (secondary N) is 2. The zero-order valence-electron chi connectivity index (χ0n) is 12.2. The molecule has 4 rings (SSSR count). The molecule has 2 aliphatic heterocycles. The van der Waals surface area contributed by atoms with Crippen molar-refractivity contribution in [2.45, 2.75) is 48.1 Å². The fourth-order valence-electron chi connectivity index (χ4n) is 3.48. The molecule has 3 heterocycles. The highest BCUT2D eigenvalue weighted by atomic mass is 32.2. The second-order valence-electron chi connectivity index (χ2n) is 6.11. The third kappa shape index (κ3) is 3.14. The number of fused-ring (bicyclic) bond motifs is 3. The van der Waals surface area contributed by atoms with Crippen LogP contribution in [-0.4, -0.2) is 34.8 Å². The van der Waals surface area contributed by atoms with E-state index in [0.29, 0.717) is 23.9 Å². The summed E-state index contributed by atoms with van der Waals surface area (Å²) in [5, 5.41) is 6.80. The van der Waals surface area contributed by atoms with Crippen LogP contribution in [0, 0.1) is 0 Å². The maximum absolute atomic E-state index is 12.2. The van der Waals surface area contributed by atoms with Crippen molar-refractivity contribution in [1.29, 1.82) is 0 Å². The molecule has 6 heteroatoms. The molecule has 2 N–H and O–H groups in total. The first-order valence-electron chi connectivity index (χ1n) is 7.80. The lowest BCUT2D eigenvalue weighted by Crippen LogP contribution is -2.48. The molecule has 22 heavy (non-hydrogen) atoms. The van der Waals surface area contributed by atoms with Crippen LogP contribution in [0.1, 0.15) is 25.7 Å². The van der Waals surface area contributed by atoms with Gasteiger partial charge in [0.05, 0.1) is 16.0 Å². The number of thioether (sulfide) groups is 1. The fraction of sp³-hybridized carbons (Fsp3) is 0.500. The zero-order chi connectivity index (χ0) is 14.9. The summed E-state index contributed by atoms with van der Waals surface area (Å²) in [6.07, 6.45) is 4.68. The van der Waals surface area contributed by atoms with Gasteiger partial charge in [-0.05, 0) is 37.8 Å². The van der Waals surface area contributed by atoms with Gasteiger partial charge < -0.3 is 10.6 Å². The monoisotopic (exact) mass is 333 g/mol. The van der Waals surface area contributed by atoms with Gasteiger partial charge in [-0.1, -0.05) is 23.9 Å². The van der Waals surface area contributed by atoms with E-state index in [1.165, 1.54) is 29.3 Å². The minimum absolute atomic E-state index is 0.135. The molecule has 2 aliphatic rings. The number of rotatable bonds is 4. The summed E-state index contributed by atoms with van der Waals surface area (Å²) >= 11 is 3.20. The Hall–Kier alpha value is -1.11. The molecule has 2 fully saturated rings. The van der Waals surface area contributed by atoms with E-state index < -0.39 is 0 Å². The summed E-state index contributed by atoms with van der Waals surface area (Å²) in [4.78, 5) is 16.7. The van der Waals surface area contributed by atoms with Crippen molar-refractivity contribution in [1.82, 2.24) is 15.6 Å². The van der Waals surface area contributed by atoms with Crippen LogP contribution in [0.3, 0.4) is 0 Å². The lowest BCUT2D eigenvalue weighted by Gasteiger charge is -2.29. The van der Waals surface area contributed by atoms with E-state index in [4.69, 9.17) is 0 Å². The van der Waals surface area contributed by atoms with Crippen LogP contribution in [-0.2, 0) is 4.79 Å². The summed E-state index contributed by atoms with van der Waals surface area (Å²) < 4.78 is 2.15. The van der Waals surface area contributed by atoms with Gasteiger partial charge in [-0.25, -0.2) is 4.98 Å². The highest BCUT2D eigenvalue weighted by Crippen LogP contribution is 2.30. The number of nitrogens with zero attached hydrogens (tertiary/aromatic N) is 1. The van der Waals surface area contributed by atoms with Crippen molar-refractivity contribution in [3.63, 3.8) is 0 Å². The molecule has 0 spiro atoms. The van der Waals surface area contributed by atoms with Crippen LogP contribution in [0.15, 0.2) is 28.6 Å². The number of benzene rings is 1. The zero-order valence-corrected chi connectivity index (χ0v) is 13.9. The molecular weight excluding hydrogens is 314 g/mol. The second kappa shape index (κ2) is 6.18. The molecule has 0 aliphatic carbocycles. The van der Waals surface area contributed by atoms with Gasteiger partial charge in [-0.15, -0.1) is 11.3 Å². The first kappa shape index (κ1) is 14.5. The SMILES string of the molecule is O=C(CSc1nc2ccccc2s1)NC1CC2CCC(C1)N2. The highest BCUT2D eigenvalue weighted by molar-refractivity contribution is 8.01. The van der Waals surface area contributed by atoms with Crippen LogP contribution < -0.4 is 10.6 Å². The Morgan fingerprint density at radius 1 is 1.32 bits per heavy atom. The van der Waals surface area contributed by atoms with Gasteiger partial charge in [-0.2, -0.15) is 0 Å². The third-order valence-electron chi connectivity index (χ3n) is 4.44. The molecule has 4 nitrogen and oxygen atoms in total. The van der Waals surface area contributed by atoms with Gasteiger partial charge in [0.15, 0.2) is 4.34 Å². The maximum Gasteiger partial charge on any atom is 0.230 e. The minimum atomic E-state index is 0.135. The largest absolute Gasteiger partial charge is 0.353 e. The van der Waals surface area contributed by atoms with Gasteiger partial charge in [-0.3, -0.25) is 4.79 Å². The lowest BCUT2D eigenvalue weighted by atomic mass is 10.00. The van der Waals surface area contributed by atoms with Crippen LogP contribution in [0.4, 0.5) is 0 Å². The van der Waals surface area contributed by atoms with E-state index in [1.54, 1.807) is 11.3 Å². The number of hydrogen-bond acceptors (Lipinski definition) is 5. The Bertz CT molecular complexity index is 642. The number of carbonyl (C=O) groups is 1. The third-order valence-corrected chi connectivity index (χ3v) is 6.62. The molecule has 116 valence electrons. The van der Waals surface area contributed by atoms with Crippen LogP contribution >= 0.6 is 23.1 Å². The Morgan fingerprint density at radius 2 is 2.09 bits per heavy atom. The number of amides is 1. The molecule has 0 radical (unpaired) electrons. The summed E-state index contributed by atoms with van der Waals surface area (Å²) in [6.45, 7) is 0. The van der Waals surface area contributed by atoms with Gasteiger partial charge in [0.25, 0.3) is 0 Å². The number of carbonyl (C=O) groups excluding carboxylic acids is 1. The quantitative estimate of drug-likeness (QED) is 0.845. The molecule has 2 bridgehead atoms. The Balaban J connectivity index is 1.30. The van der Waals surface area contributed by atoms with Gasteiger partial charge in [0, 0.05) is 18.1 Å². The molecule has 2 unspecified atom stereocenters. The molecular formula is C16H19N3OS2. The molecule has 2 aromatic rings. The molecule has 1 aromatic heterocycles. The number of thiazole rings is 1. The van der Waals surface area contributed by atoms with E-state index in [-0.39, 0.29) is 5.91 Å². The second-order valence-corrected chi connectivity index (χ2v) is 8.36. The summed E-state index contributed by atoms with van der Waals surface area (Å²) in [6, 6.07) is 9.67. The van der Waals surface area contributed by atoms with Crippen molar-refractivity contribution in [3.05, 3.63) is 24.3 Å². The predicted molar refractivity (Wildman–Crippen MR) is 91.5 cm³/mol. The molecule has 1 aromatic carbocycles. The van der Waals surface area contributed by atoms with Crippen molar-refractivity contribution in [2.75, 3.05) is 5.75 Å². The molecule has 0 saturated carbocycles. The smallest absolute Gasteiger partial charge is 0.230 e. The van der Waals surface area contributed by atoms with Crippen LogP contribution in [0.25, 0.3) is 10.2 Å². The number of aromatic nitrogens is 1. The van der Waals surface area contributed by atoms with Crippen molar-refractivity contribution >= 4 is 39.2 Å². The summed E-state index contributed by atoms with van der Waals surface area (Å²) in [5.41, 5.74) is 1.02. The normalized spacial score (nSPS) is 27.2. The minimum Gasteiger partial charge on any atom is -0.353 e. The van der Waals surface area contributed by atoms with E-state index >= 15 is 0 Å². The van der Waals surface area contributed by atoms with Crippen LogP contribution in [0.2, 0.25) is 0 Å². The van der Waals surface area contributed by atoms with Gasteiger partial charge >= 0.3 is 0 Å². The average Bonchev–Trinajstić information content (AvgIpc) is 3.08. The fourth-order valence-corrected chi connectivity index (χ4v) is 5.36. The van der Waals surface area contributed by atoms with Crippen molar-refractivity contribution in [2.24, 2.45) is 0 Å². The molecule has 1 amide bonds. The van der Waals surface area contributed by atoms with Gasteiger partial charge in [0.2, 0.25) is 5.91 Å². The number of hydrogen-bond donors (Lipinski definition) is 2. The highest BCUT2D eigenvalue weighted by Gasteiger charge is 2.33. The van der Waals surface area contributed by atoms with E-state index in [1.807, 2.05) is 18.2 Å². The van der Waals surface area contributed by atoms with E-state index in [9.17, 15) is 4.79 Å². The summed E-state index contributed by atoms with van der Waals surface area (Å²) in [7, 11) is 0. The molecule has 2 atom stereocenters. The Kier molecular flexibility index (Phi) is 4.07. The average molecular weight is 333 g/mol. The lowest BCUT2D eigenvalue weighted by molar-refractivity contribution is -0.119. The summed E-state index contributed by atoms with van der Waals surface area (Å²) in [5.74, 6) is 0.592. The topological polar surface area (TPSA) is 54.0 Å². The maximum atomic E-state index is 12.2. The first-order chi connectivity index (χ1) is 10.8. The van der Waals surface area contributed by atoms with Gasteiger partial charge in [0.1, 0.15) is 0 Å². The number of para-hydroxylation sites is 1. The van der Waals surface area contributed by atoms with Crippen LogP contribution in [0.5, 0.6) is 0 Å². The van der Waals surface area contributed by atoms with E-state index in [2.05, 4.69) is 21.7 Å².